The van der Waals surface area contributed by atoms with Crippen molar-refractivity contribution in [1.29, 1.82) is 0 Å². The fourth-order valence-corrected chi connectivity index (χ4v) is 3.54. The molecule has 0 atom stereocenters. The number of carbonyl (C=O) groups excluding carboxylic acids is 1. The Morgan fingerprint density at radius 1 is 1.27 bits per heavy atom. The maximum absolute atomic E-state index is 12.0. The van der Waals surface area contributed by atoms with Crippen molar-refractivity contribution < 1.29 is 9.53 Å². The molecule has 1 aliphatic carbocycles. The van der Waals surface area contributed by atoms with Gasteiger partial charge >= 0.3 is 0 Å². The molecule has 0 aliphatic heterocycles. The number of rotatable bonds is 10. The van der Waals surface area contributed by atoms with E-state index < -0.39 is 0 Å². The lowest BCUT2D eigenvalue weighted by atomic mass is 10.1. The largest absolute Gasteiger partial charge is 0.493 e. The second kappa shape index (κ2) is 11.0. The summed E-state index contributed by atoms with van der Waals surface area (Å²) in [6.45, 7) is 4.30. The minimum Gasteiger partial charge on any atom is -0.493 e. The minimum absolute atomic E-state index is 0.00606. The van der Waals surface area contributed by atoms with Crippen LogP contribution in [0.5, 0.6) is 5.75 Å². The maximum atomic E-state index is 12.0. The molecule has 1 heterocycles. The van der Waals surface area contributed by atoms with Crippen molar-refractivity contribution in [3.63, 3.8) is 0 Å². The number of aliphatic imine (C=N–C) groups is 1. The molecule has 2 aromatic rings. The maximum Gasteiger partial charge on any atom is 0.241 e. The van der Waals surface area contributed by atoms with Crippen molar-refractivity contribution in [1.82, 2.24) is 15.5 Å². The molecule has 30 heavy (non-hydrogen) atoms. The predicted octanol–water partition coefficient (Wildman–Crippen LogP) is 3.21. The lowest BCUT2D eigenvalue weighted by molar-refractivity contribution is -0.127. The summed E-state index contributed by atoms with van der Waals surface area (Å²) in [5, 5.41) is 8.58. The van der Waals surface area contributed by atoms with E-state index in [1.807, 2.05) is 0 Å². The van der Waals surface area contributed by atoms with E-state index in [0.717, 1.165) is 30.9 Å². The Labute approximate surface area is 183 Å². The van der Waals surface area contributed by atoms with Gasteiger partial charge in [0.2, 0.25) is 5.91 Å². The number of amides is 1. The van der Waals surface area contributed by atoms with Crippen LogP contribution in [0, 0.1) is 12.8 Å². The second-order valence-electron chi connectivity index (χ2n) is 7.93. The van der Waals surface area contributed by atoms with Gasteiger partial charge < -0.3 is 20.3 Å². The van der Waals surface area contributed by atoms with Gasteiger partial charge in [0, 0.05) is 31.1 Å². The highest BCUT2D eigenvalue weighted by atomic mass is 32.1. The van der Waals surface area contributed by atoms with Crippen molar-refractivity contribution in [2.75, 3.05) is 33.8 Å². The molecule has 1 fully saturated rings. The highest BCUT2D eigenvalue weighted by Gasteiger charge is 2.22. The Hall–Kier alpha value is -2.54. The molecule has 0 radical (unpaired) electrons. The van der Waals surface area contributed by atoms with Crippen LogP contribution in [0.2, 0.25) is 0 Å². The average molecular weight is 429 g/mol. The van der Waals surface area contributed by atoms with Gasteiger partial charge in [-0.3, -0.25) is 4.79 Å². The zero-order valence-corrected chi connectivity index (χ0v) is 18.9. The molecule has 1 aliphatic rings. The fraction of sp³-hybridized carbons (Fsp3) is 0.478. The zero-order chi connectivity index (χ0) is 21.3. The van der Waals surface area contributed by atoms with E-state index in [9.17, 15) is 4.79 Å². The third-order valence-electron chi connectivity index (χ3n) is 4.95. The average Bonchev–Trinajstić information content (AvgIpc) is 3.42. The van der Waals surface area contributed by atoms with Crippen molar-refractivity contribution in [2.45, 2.75) is 32.7 Å². The SMILES string of the molecule is Cc1ccc(CN=C(NCCc2cccs2)NCC(=O)N(C)C)c(OCC2CC2)c1. The van der Waals surface area contributed by atoms with E-state index in [1.165, 1.54) is 23.3 Å². The quantitative estimate of drug-likeness (QED) is 0.451. The number of aryl methyl sites for hydroxylation is 1. The second-order valence-corrected chi connectivity index (χ2v) is 8.96. The number of likely N-dealkylation sites (N-methyl/N-ethyl adjacent to an activating group) is 1. The number of thiophene rings is 1. The number of nitrogens with one attached hydrogen (secondary N) is 2. The summed E-state index contributed by atoms with van der Waals surface area (Å²) in [4.78, 5) is 19.6. The van der Waals surface area contributed by atoms with Crippen LogP contribution in [0.3, 0.4) is 0 Å². The molecule has 0 saturated heterocycles. The Kier molecular flexibility index (Phi) is 8.13. The molecular formula is C23H32N4O2S. The van der Waals surface area contributed by atoms with Gasteiger partial charge in [0.15, 0.2) is 5.96 Å². The first-order chi connectivity index (χ1) is 14.5. The van der Waals surface area contributed by atoms with Crippen molar-refractivity contribution in [3.8, 4) is 5.75 Å². The third kappa shape index (κ3) is 7.37. The van der Waals surface area contributed by atoms with E-state index in [4.69, 9.17) is 9.73 Å². The Balaban J connectivity index is 1.63. The van der Waals surface area contributed by atoms with Crippen molar-refractivity contribution >= 4 is 23.2 Å². The zero-order valence-electron chi connectivity index (χ0n) is 18.1. The number of hydrogen-bond acceptors (Lipinski definition) is 4. The van der Waals surface area contributed by atoms with Gasteiger partial charge in [-0.25, -0.2) is 4.99 Å². The molecule has 0 spiro atoms. The number of guanidine groups is 1. The van der Waals surface area contributed by atoms with Crippen LogP contribution < -0.4 is 15.4 Å². The first-order valence-corrected chi connectivity index (χ1v) is 11.4. The lowest BCUT2D eigenvalue weighted by Gasteiger charge is -2.16. The van der Waals surface area contributed by atoms with Gasteiger partial charge in [0.1, 0.15) is 5.75 Å². The normalized spacial score (nSPS) is 13.8. The van der Waals surface area contributed by atoms with E-state index in [2.05, 4.69) is 53.3 Å². The first-order valence-electron chi connectivity index (χ1n) is 10.5. The van der Waals surface area contributed by atoms with Gasteiger partial charge in [-0.1, -0.05) is 18.2 Å². The number of hydrogen-bond donors (Lipinski definition) is 2. The van der Waals surface area contributed by atoms with Crippen molar-refractivity contribution in [2.24, 2.45) is 10.9 Å². The molecule has 1 aromatic carbocycles. The molecule has 0 unspecified atom stereocenters. The summed E-state index contributed by atoms with van der Waals surface area (Å²) in [6, 6.07) is 10.4. The molecule has 1 saturated carbocycles. The topological polar surface area (TPSA) is 66.0 Å². The summed E-state index contributed by atoms with van der Waals surface area (Å²) < 4.78 is 6.06. The standard InChI is InChI=1S/C23H32N4O2S/c1-17-6-9-19(21(13-17)29-16-18-7-8-18)14-25-23(26-15-22(28)27(2)3)24-11-10-20-5-4-12-30-20/h4-6,9,12-13,18H,7-8,10-11,14-16H2,1-3H3,(H2,24,25,26). The fourth-order valence-electron chi connectivity index (χ4n) is 2.83. The monoisotopic (exact) mass is 428 g/mol. The Bertz CT molecular complexity index is 845. The van der Waals surface area contributed by atoms with Gasteiger partial charge in [0.05, 0.1) is 19.7 Å². The smallest absolute Gasteiger partial charge is 0.241 e. The Morgan fingerprint density at radius 3 is 2.80 bits per heavy atom. The number of benzene rings is 1. The summed E-state index contributed by atoms with van der Waals surface area (Å²) in [7, 11) is 3.50. The van der Waals surface area contributed by atoms with Crippen LogP contribution in [0.15, 0.2) is 40.7 Å². The van der Waals surface area contributed by atoms with Crippen LogP contribution in [-0.2, 0) is 17.8 Å². The molecule has 2 N–H and O–H groups in total. The summed E-state index contributed by atoms with van der Waals surface area (Å²) in [6.07, 6.45) is 3.45. The molecule has 162 valence electrons. The van der Waals surface area contributed by atoms with Crippen LogP contribution in [0.25, 0.3) is 0 Å². The first kappa shape index (κ1) is 22.2. The molecule has 1 aromatic heterocycles. The molecule has 0 bridgehead atoms. The highest BCUT2D eigenvalue weighted by molar-refractivity contribution is 7.09. The van der Waals surface area contributed by atoms with Gasteiger partial charge in [0.25, 0.3) is 0 Å². The van der Waals surface area contributed by atoms with Gasteiger partial charge in [-0.2, -0.15) is 0 Å². The number of nitrogens with zero attached hydrogens (tertiary/aromatic N) is 2. The highest BCUT2D eigenvalue weighted by Crippen LogP contribution is 2.30. The third-order valence-corrected chi connectivity index (χ3v) is 5.89. The summed E-state index contributed by atoms with van der Waals surface area (Å²) in [5.74, 6) is 2.25. The van der Waals surface area contributed by atoms with E-state index in [1.54, 1.807) is 30.3 Å². The van der Waals surface area contributed by atoms with Crippen LogP contribution in [-0.4, -0.2) is 50.6 Å². The van der Waals surface area contributed by atoms with Crippen LogP contribution >= 0.6 is 11.3 Å². The summed E-state index contributed by atoms with van der Waals surface area (Å²) >= 11 is 1.75. The minimum atomic E-state index is 0.00606. The van der Waals surface area contributed by atoms with Crippen LogP contribution in [0.4, 0.5) is 0 Å². The molecule has 1 amide bonds. The van der Waals surface area contributed by atoms with E-state index in [-0.39, 0.29) is 12.5 Å². The Morgan fingerprint density at radius 2 is 2.10 bits per heavy atom. The van der Waals surface area contributed by atoms with Gasteiger partial charge in [-0.05, 0) is 55.2 Å². The lowest BCUT2D eigenvalue weighted by Crippen LogP contribution is -2.43. The number of carbonyl (C=O) groups is 1. The molecule has 6 nitrogen and oxygen atoms in total. The van der Waals surface area contributed by atoms with E-state index in [0.29, 0.717) is 18.4 Å². The molecular weight excluding hydrogens is 396 g/mol. The molecule has 7 heteroatoms. The number of ether oxygens (including phenoxy) is 1. The predicted molar refractivity (Wildman–Crippen MR) is 123 cm³/mol. The van der Waals surface area contributed by atoms with Crippen molar-refractivity contribution in [3.05, 3.63) is 51.7 Å². The summed E-state index contributed by atoms with van der Waals surface area (Å²) in [5.41, 5.74) is 2.23. The van der Waals surface area contributed by atoms with Gasteiger partial charge in [-0.15, -0.1) is 11.3 Å². The van der Waals surface area contributed by atoms with E-state index >= 15 is 0 Å². The molecule has 3 rings (SSSR count). The van der Waals surface area contributed by atoms with Crippen LogP contribution in [0.1, 0.15) is 28.8 Å².